The summed E-state index contributed by atoms with van der Waals surface area (Å²) in [5, 5.41) is 2.97. The van der Waals surface area contributed by atoms with Gasteiger partial charge in [0.05, 0.1) is 23.9 Å². The van der Waals surface area contributed by atoms with E-state index in [0.29, 0.717) is 37.4 Å². The fourth-order valence-corrected chi connectivity index (χ4v) is 5.17. The second kappa shape index (κ2) is 9.53. The van der Waals surface area contributed by atoms with E-state index in [1.807, 2.05) is 42.5 Å². The summed E-state index contributed by atoms with van der Waals surface area (Å²) in [6, 6.07) is 13.1. The maximum absolute atomic E-state index is 13.6. The van der Waals surface area contributed by atoms with E-state index in [1.54, 1.807) is 23.0 Å². The SMILES string of the molecule is CN1C(=O)N[C@H](c2ccc(C(C)(C)C)cc2)C2=C1CN(CC(=O)N1CCN(c3ccccn3)CC1)C2=O. The maximum Gasteiger partial charge on any atom is 0.322 e. The number of urea groups is 1. The van der Waals surface area contributed by atoms with Crippen molar-refractivity contribution in [3.05, 3.63) is 71.1 Å². The van der Waals surface area contributed by atoms with E-state index >= 15 is 0 Å². The second-order valence-electron chi connectivity index (χ2n) is 10.9. The first-order valence-electron chi connectivity index (χ1n) is 12.7. The number of likely N-dealkylation sites (N-methyl/N-ethyl adjacent to an activating group) is 1. The second-order valence-corrected chi connectivity index (χ2v) is 10.9. The van der Waals surface area contributed by atoms with Gasteiger partial charge in [-0.15, -0.1) is 0 Å². The fraction of sp³-hybridized carbons (Fsp3) is 0.429. The summed E-state index contributed by atoms with van der Waals surface area (Å²) in [5.74, 6) is 0.622. The van der Waals surface area contributed by atoms with Crippen molar-refractivity contribution in [3.8, 4) is 0 Å². The molecule has 1 aromatic heterocycles. The van der Waals surface area contributed by atoms with Gasteiger partial charge in [-0.25, -0.2) is 9.78 Å². The Morgan fingerprint density at radius 3 is 2.35 bits per heavy atom. The number of nitrogens with one attached hydrogen (secondary N) is 1. The normalized spacial score (nSPS) is 20.4. The quantitative estimate of drug-likeness (QED) is 0.694. The molecule has 1 saturated heterocycles. The number of hydrogen-bond acceptors (Lipinski definition) is 5. The number of piperazine rings is 1. The number of nitrogens with zero attached hydrogens (tertiary/aromatic N) is 5. The van der Waals surface area contributed by atoms with Crippen molar-refractivity contribution in [3.63, 3.8) is 0 Å². The average molecular weight is 503 g/mol. The minimum absolute atomic E-state index is 0.00240. The molecular weight excluding hydrogens is 468 g/mol. The summed E-state index contributed by atoms with van der Waals surface area (Å²) in [4.78, 5) is 50.9. The van der Waals surface area contributed by atoms with Crippen molar-refractivity contribution in [2.45, 2.75) is 32.2 Å². The molecule has 0 unspecified atom stereocenters. The minimum Gasteiger partial charge on any atom is -0.353 e. The smallest absolute Gasteiger partial charge is 0.322 e. The summed E-state index contributed by atoms with van der Waals surface area (Å²) < 4.78 is 0. The van der Waals surface area contributed by atoms with Gasteiger partial charge < -0.3 is 20.0 Å². The van der Waals surface area contributed by atoms with Gasteiger partial charge in [0.25, 0.3) is 5.91 Å². The Kier molecular flexibility index (Phi) is 6.39. The van der Waals surface area contributed by atoms with E-state index < -0.39 is 6.04 Å². The third-order valence-electron chi connectivity index (χ3n) is 7.48. The number of carbonyl (C=O) groups is 3. The molecule has 1 N–H and O–H groups in total. The molecule has 194 valence electrons. The van der Waals surface area contributed by atoms with Crippen LogP contribution in [0.15, 0.2) is 59.9 Å². The van der Waals surface area contributed by atoms with Crippen LogP contribution in [0, 0.1) is 0 Å². The first-order valence-corrected chi connectivity index (χ1v) is 12.7. The highest BCUT2D eigenvalue weighted by Crippen LogP contribution is 2.36. The molecule has 1 aromatic carbocycles. The molecule has 4 amide bonds. The third-order valence-corrected chi connectivity index (χ3v) is 7.48. The van der Waals surface area contributed by atoms with Gasteiger partial charge in [0.15, 0.2) is 0 Å². The van der Waals surface area contributed by atoms with Gasteiger partial charge in [-0.1, -0.05) is 51.1 Å². The Bertz CT molecular complexity index is 1230. The van der Waals surface area contributed by atoms with Crippen LogP contribution in [0.1, 0.15) is 37.9 Å². The lowest BCUT2D eigenvalue weighted by atomic mass is 9.85. The molecule has 0 saturated carbocycles. The van der Waals surface area contributed by atoms with Crippen LogP contribution in [0.25, 0.3) is 0 Å². The average Bonchev–Trinajstić information content (AvgIpc) is 3.22. The first kappa shape index (κ1) is 24.8. The van der Waals surface area contributed by atoms with E-state index in [2.05, 4.69) is 36.0 Å². The highest BCUT2D eigenvalue weighted by Gasteiger charge is 2.43. The number of hydrogen-bond donors (Lipinski definition) is 1. The van der Waals surface area contributed by atoms with Crippen molar-refractivity contribution in [2.75, 3.05) is 51.2 Å². The van der Waals surface area contributed by atoms with Gasteiger partial charge in [0.1, 0.15) is 12.4 Å². The van der Waals surface area contributed by atoms with Gasteiger partial charge in [-0.05, 0) is 28.7 Å². The molecule has 2 aromatic rings. The number of anilines is 1. The van der Waals surface area contributed by atoms with Crippen LogP contribution in [-0.2, 0) is 15.0 Å². The molecule has 37 heavy (non-hydrogen) atoms. The van der Waals surface area contributed by atoms with Crippen molar-refractivity contribution in [1.29, 1.82) is 0 Å². The van der Waals surface area contributed by atoms with E-state index in [9.17, 15) is 14.4 Å². The molecular formula is C28H34N6O3. The van der Waals surface area contributed by atoms with Crippen molar-refractivity contribution < 1.29 is 14.4 Å². The van der Waals surface area contributed by atoms with E-state index in [-0.39, 0.29) is 36.3 Å². The fourth-order valence-electron chi connectivity index (χ4n) is 5.17. The Balaban J connectivity index is 1.28. The summed E-state index contributed by atoms with van der Waals surface area (Å²) in [6.45, 7) is 9.22. The first-order chi connectivity index (χ1) is 17.6. The zero-order valence-electron chi connectivity index (χ0n) is 21.9. The number of amides is 4. The lowest BCUT2D eigenvalue weighted by molar-refractivity contribution is -0.137. The number of benzene rings is 1. The van der Waals surface area contributed by atoms with Crippen LogP contribution in [-0.4, -0.2) is 83.8 Å². The lowest BCUT2D eigenvalue weighted by Gasteiger charge is -2.36. The zero-order chi connectivity index (χ0) is 26.3. The molecule has 0 aliphatic carbocycles. The molecule has 0 radical (unpaired) electrons. The van der Waals surface area contributed by atoms with Crippen LogP contribution < -0.4 is 10.2 Å². The third kappa shape index (κ3) is 4.77. The molecule has 0 spiro atoms. The minimum atomic E-state index is -0.540. The maximum atomic E-state index is 13.6. The zero-order valence-corrected chi connectivity index (χ0v) is 21.9. The van der Waals surface area contributed by atoms with Crippen LogP contribution in [0.3, 0.4) is 0 Å². The van der Waals surface area contributed by atoms with E-state index in [0.717, 1.165) is 11.4 Å². The van der Waals surface area contributed by atoms with Gasteiger partial charge in [0.2, 0.25) is 5.91 Å². The highest BCUT2D eigenvalue weighted by atomic mass is 16.2. The van der Waals surface area contributed by atoms with Crippen LogP contribution >= 0.6 is 0 Å². The van der Waals surface area contributed by atoms with Gasteiger partial charge in [0, 0.05) is 39.4 Å². The molecule has 1 fully saturated rings. The predicted octanol–water partition coefficient (Wildman–Crippen LogP) is 2.52. The van der Waals surface area contributed by atoms with E-state index in [1.165, 1.54) is 10.5 Å². The summed E-state index contributed by atoms with van der Waals surface area (Å²) >= 11 is 0. The lowest BCUT2D eigenvalue weighted by Crippen LogP contribution is -2.51. The summed E-state index contributed by atoms with van der Waals surface area (Å²) in [7, 11) is 1.67. The molecule has 9 nitrogen and oxygen atoms in total. The van der Waals surface area contributed by atoms with Crippen LogP contribution in [0.4, 0.5) is 10.6 Å². The largest absolute Gasteiger partial charge is 0.353 e. The Hall–Kier alpha value is -3.88. The Labute approximate surface area is 217 Å². The van der Waals surface area contributed by atoms with Gasteiger partial charge in [-0.3, -0.25) is 14.5 Å². The monoisotopic (exact) mass is 502 g/mol. The summed E-state index contributed by atoms with van der Waals surface area (Å²) in [5.41, 5.74) is 3.24. The standard InChI is InChI=1S/C28H34N6O3/c1-28(2,3)20-10-8-19(9-11-20)25-24-21(31(4)27(37)30-25)17-34(26(24)36)18-23(35)33-15-13-32(14-16-33)22-7-5-6-12-29-22/h5-12,25H,13-18H2,1-4H3,(H,30,37)/t25-/m1/s1. The number of pyridine rings is 1. The molecule has 9 heteroatoms. The number of carbonyl (C=O) groups excluding carboxylic acids is 3. The molecule has 4 heterocycles. The number of aromatic nitrogens is 1. The number of rotatable bonds is 4. The molecule has 5 rings (SSSR count). The van der Waals surface area contributed by atoms with Crippen molar-refractivity contribution in [2.24, 2.45) is 0 Å². The molecule has 3 aliphatic heterocycles. The van der Waals surface area contributed by atoms with Crippen molar-refractivity contribution in [1.82, 2.24) is 25.0 Å². The van der Waals surface area contributed by atoms with Crippen LogP contribution in [0.2, 0.25) is 0 Å². The Morgan fingerprint density at radius 2 is 1.73 bits per heavy atom. The summed E-state index contributed by atoms with van der Waals surface area (Å²) in [6.07, 6.45) is 1.77. The van der Waals surface area contributed by atoms with Gasteiger partial charge in [-0.2, -0.15) is 0 Å². The van der Waals surface area contributed by atoms with Gasteiger partial charge >= 0.3 is 6.03 Å². The van der Waals surface area contributed by atoms with Crippen molar-refractivity contribution >= 4 is 23.7 Å². The van der Waals surface area contributed by atoms with Crippen LogP contribution in [0.5, 0.6) is 0 Å². The van der Waals surface area contributed by atoms with E-state index in [4.69, 9.17) is 0 Å². The molecule has 0 bridgehead atoms. The molecule has 1 atom stereocenters. The predicted molar refractivity (Wildman–Crippen MR) is 141 cm³/mol. The molecule has 3 aliphatic rings. The Morgan fingerprint density at radius 1 is 1.03 bits per heavy atom. The topological polar surface area (TPSA) is 89.1 Å². The highest BCUT2D eigenvalue weighted by molar-refractivity contribution is 6.03.